The van der Waals surface area contributed by atoms with Gasteiger partial charge in [-0.15, -0.1) is 0 Å². The van der Waals surface area contributed by atoms with E-state index in [4.69, 9.17) is 5.11 Å². The number of anilines is 1. The zero-order valence-electron chi connectivity index (χ0n) is 11.8. The number of hydrogen-bond donors (Lipinski definition) is 1. The van der Waals surface area contributed by atoms with Gasteiger partial charge in [-0.05, 0) is 24.3 Å². The van der Waals surface area contributed by atoms with Crippen LogP contribution in [0, 0.1) is 0 Å². The summed E-state index contributed by atoms with van der Waals surface area (Å²) in [4.78, 5) is 17.5. The van der Waals surface area contributed by atoms with Crippen LogP contribution in [0.1, 0.15) is 10.4 Å². The Labute approximate surface area is 122 Å². The number of carboxylic acids is 1. The lowest BCUT2D eigenvalue weighted by Crippen LogP contribution is -2.07. The molecule has 0 saturated heterocycles. The normalized spacial score (nSPS) is 10.8. The summed E-state index contributed by atoms with van der Waals surface area (Å²) in [5, 5.41) is 9.01. The van der Waals surface area contributed by atoms with Crippen molar-refractivity contribution >= 4 is 17.3 Å². The second kappa shape index (κ2) is 4.94. The first-order valence-electron chi connectivity index (χ1n) is 6.54. The Hall–Kier alpha value is -2.82. The number of aromatic carboxylic acids is 1. The maximum atomic E-state index is 11.0. The third-order valence-electron chi connectivity index (χ3n) is 3.39. The van der Waals surface area contributed by atoms with Gasteiger partial charge in [-0.3, -0.25) is 0 Å². The number of aromatic nitrogens is 2. The molecule has 106 valence electrons. The molecule has 0 saturated carbocycles. The maximum Gasteiger partial charge on any atom is 0.335 e. The molecule has 0 fully saturated rings. The smallest absolute Gasteiger partial charge is 0.335 e. The van der Waals surface area contributed by atoms with Crippen LogP contribution in [-0.4, -0.2) is 34.6 Å². The topological polar surface area (TPSA) is 57.8 Å². The van der Waals surface area contributed by atoms with Gasteiger partial charge in [-0.2, -0.15) is 0 Å². The fraction of sp³-hybridized carbons (Fsp3) is 0.125. The van der Waals surface area contributed by atoms with E-state index in [1.54, 1.807) is 18.3 Å². The van der Waals surface area contributed by atoms with Crippen molar-refractivity contribution in [3.63, 3.8) is 0 Å². The molecule has 0 amide bonds. The third kappa shape index (κ3) is 2.45. The van der Waals surface area contributed by atoms with E-state index in [1.165, 1.54) is 0 Å². The van der Waals surface area contributed by atoms with Crippen LogP contribution in [-0.2, 0) is 0 Å². The van der Waals surface area contributed by atoms with Gasteiger partial charge in [0, 0.05) is 37.7 Å². The van der Waals surface area contributed by atoms with Crippen LogP contribution < -0.4 is 4.90 Å². The van der Waals surface area contributed by atoms with Crippen molar-refractivity contribution in [1.82, 2.24) is 9.38 Å². The van der Waals surface area contributed by atoms with Crippen molar-refractivity contribution < 1.29 is 9.90 Å². The van der Waals surface area contributed by atoms with Crippen LogP contribution in [0.4, 0.5) is 5.69 Å². The highest BCUT2D eigenvalue weighted by atomic mass is 16.4. The number of nitrogens with zero attached hydrogens (tertiary/aromatic N) is 3. The third-order valence-corrected chi connectivity index (χ3v) is 3.39. The molecule has 2 heterocycles. The minimum atomic E-state index is -0.947. The van der Waals surface area contributed by atoms with Crippen molar-refractivity contribution in [2.24, 2.45) is 0 Å². The summed E-state index contributed by atoms with van der Waals surface area (Å²) in [6, 6.07) is 11.2. The summed E-state index contributed by atoms with van der Waals surface area (Å²) in [6.45, 7) is 0. The molecule has 5 heteroatoms. The molecular formula is C16H15N3O2. The summed E-state index contributed by atoms with van der Waals surface area (Å²) in [5.74, 6) is -0.947. The van der Waals surface area contributed by atoms with E-state index < -0.39 is 5.97 Å². The lowest BCUT2D eigenvalue weighted by Gasteiger charge is -2.12. The van der Waals surface area contributed by atoms with Gasteiger partial charge in [0.1, 0.15) is 5.65 Å². The van der Waals surface area contributed by atoms with Gasteiger partial charge in [0.15, 0.2) is 0 Å². The van der Waals surface area contributed by atoms with Gasteiger partial charge < -0.3 is 14.4 Å². The van der Waals surface area contributed by atoms with Gasteiger partial charge in [0.05, 0.1) is 11.3 Å². The van der Waals surface area contributed by atoms with E-state index in [2.05, 4.69) is 4.98 Å². The monoisotopic (exact) mass is 281 g/mol. The minimum Gasteiger partial charge on any atom is -0.478 e. The first-order valence-corrected chi connectivity index (χ1v) is 6.54. The van der Waals surface area contributed by atoms with Crippen LogP contribution in [0.5, 0.6) is 0 Å². The minimum absolute atomic E-state index is 0.239. The molecule has 0 atom stereocenters. The zero-order chi connectivity index (χ0) is 15.0. The Morgan fingerprint density at radius 1 is 1.19 bits per heavy atom. The van der Waals surface area contributed by atoms with E-state index in [1.807, 2.05) is 53.9 Å². The van der Waals surface area contributed by atoms with Crippen LogP contribution in [0.2, 0.25) is 0 Å². The maximum absolute atomic E-state index is 11.0. The molecule has 1 aromatic carbocycles. The SMILES string of the molecule is CN(C)c1ccc(-c2cn3ccc(C(=O)O)cc3n2)cc1. The predicted molar refractivity (Wildman–Crippen MR) is 81.9 cm³/mol. The molecule has 3 rings (SSSR count). The van der Waals surface area contributed by atoms with Crippen molar-refractivity contribution in [1.29, 1.82) is 0 Å². The summed E-state index contributed by atoms with van der Waals surface area (Å²) in [5.41, 5.74) is 3.81. The van der Waals surface area contributed by atoms with Crippen LogP contribution >= 0.6 is 0 Å². The molecule has 0 aliphatic heterocycles. The number of benzene rings is 1. The molecule has 0 unspecified atom stereocenters. The van der Waals surface area contributed by atoms with Crippen molar-refractivity contribution in [3.05, 3.63) is 54.4 Å². The molecular weight excluding hydrogens is 266 g/mol. The molecule has 0 radical (unpaired) electrons. The first kappa shape index (κ1) is 13.2. The molecule has 5 nitrogen and oxygen atoms in total. The Morgan fingerprint density at radius 2 is 1.90 bits per heavy atom. The van der Waals surface area contributed by atoms with Crippen LogP contribution in [0.15, 0.2) is 48.8 Å². The molecule has 1 N–H and O–H groups in total. The number of fused-ring (bicyclic) bond motifs is 1. The van der Waals surface area contributed by atoms with E-state index in [0.29, 0.717) is 5.65 Å². The van der Waals surface area contributed by atoms with Gasteiger partial charge in [-0.1, -0.05) is 12.1 Å². The number of rotatable bonds is 3. The molecule has 21 heavy (non-hydrogen) atoms. The quantitative estimate of drug-likeness (QED) is 0.802. The van der Waals surface area contributed by atoms with Crippen LogP contribution in [0.3, 0.4) is 0 Å². The van der Waals surface area contributed by atoms with E-state index >= 15 is 0 Å². The summed E-state index contributed by atoms with van der Waals surface area (Å²) in [6.07, 6.45) is 3.61. The van der Waals surface area contributed by atoms with E-state index in [-0.39, 0.29) is 5.56 Å². The summed E-state index contributed by atoms with van der Waals surface area (Å²) >= 11 is 0. The summed E-state index contributed by atoms with van der Waals surface area (Å²) in [7, 11) is 3.99. The number of carboxylic acid groups (broad SMARTS) is 1. The predicted octanol–water partition coefficient (Wildman–Crippen LogP) is 2.77. The number of imidazole rings is 1. The molecule has 2 aromatic heterocycles. The van der Waals surface area contributed by atoms with Crippen molar-refractivity contribution in [2.75, 3.05) is 19.0 Å². The van der Waals surface area contributed by atoms with Gasteiger partial charge in [-0.25, -0.2) is 9.78 Å². The van der Waals surface area contributed by atoms with Crippen molar-refractivity contribution in [3.8, 4) is 11.3 Å². The molecule has 0 bridgehead atoms. The van der Waals surface area contributed by atoms with Gasteiger partial charge in [0.25, 0.3) is 0 Å². The standard InChI is InChI=1S/C16H15N3O2/c1-18(2)13-5-3-11(4-6-13)14-10-19-8-7-12(16(20)21)9-15(19)17-14/h3-10H,1-2H3,(H,20,21). The Morgan fingerprint density at radius 3 is 2.52 bits per heavy atom. The number of hydrogen-bond acceptors (Lipinski definition) is 3. The lowest BCUT2D eigenvalue weighted by atomic mass is 10.1. The highest BCUT2D eigenvalue weighted by Gasteiger charge is 2.08. The summed E-state index contributed by atoms with van der Waals surface area (Å²) < 4.78 is 1.82. The van der Waals surface area contributed by atoms with Gasteiger partial charge >= 0.3 is 5.97 Å². The number of pyridine rings is 1. The van der Waals surface area contributed by atoms with E-state index in [9.17, 15) is 4.79 Å². The first-order chi connectivity index (χ1) is 10.0. The highest BCUT2D eigenvalue weighted by molar-refractivity contribution is 5.88. The number of carbonyl (C=O) groups is 1. The average molecular weight is 281 g/mol. The Kier molecular flexibility index (Phi) is 3.10. The van der Waals surface area contributed by atoms with Crippen LogP contribution in [0.25, 0.3) is 16.9 Å². The zero-order valence-corrected chi connectivity index (χ0v) is 11.8. The van der Waals surface area contributed by atoms with Crippen molar-refractivity contribution in [2.45, 2.75) is 0 Å². The second-order valence-electron chi connectivity index (χ2n) is 5.05. The fourth-order valence-electron chi connectivity index (χ4n) is 2.18. The molecule has 0 aliphatic rings. The molecule has 0 spiro atoms. The molecule has 3 aromatic rings. The van der Waals surface area contributed by atoms with Gasteiger partial charge in [0.2, 0.25) is 0 Å². The molecule has 0 aliphatic carbocycles. The Bertz CT molecular complexity index is 804. The fourth-order valence-corrected chi connectivity index (χ4v) is 2.18. The Balaban J connectivity index is 2.02. The highest BCUT2D eigenvalue weighted by Crippen LogP contribution is 2.22. The van der Waals surface area contributed by atoms with E-state index in [0.717, 1.165) is 16.9 Å². The average Bonchev–Trinajstić information content (AvgIpc) is 2.90. The lowest BCUT2D eigenvalue weighted by molar-refractivity contribution is 0.0697. The second-order valence-corrected chi connectivity index (χ2v) is 5.05. The largest absolute Gasteiger partial charge is 0.478 e.